The lowest BCUT2D eigenvalue weighted by Crippen LogP contribution is -2.12. The molecule has 1 unspecified atom stereocenters. The molecule has 0 spiro atoms. The van der Waals surface area contributed by atoms with Crippen molar-refractivity contribution in [2.24, 2.45) is 0 Å². The van der Waals surface area contributed by atoms with Crippen molar-refractivity contribution < 1.29 is 0 Å². The Morgan fingerprint density at radius 2 is 1.41 bits per heavy atom. The van der Waals surface area contributed by atoms with Gasteiger partial charge in [0.15, 0.2) is 5.82 Å². The first-order valence-electron chi connectivity index (χ1n) is 15.5. The fourth-order valence-corrected chi connectivity index (χ4v) is 7.01. The summed E-state index contributed by atoms with van der Waals surface area (Å²) in [7, 11) is 0. The lowest BCUT2D eigenvalue weighted by molar-refractivity contribution is 0.599. The maximum Gasteiger partial charge on any atom is 0.160 e. The highest BCUT2D eigenvalue weighted by Gasteiger charge is 2.23. The third kappa shape index (κ3) is 4.19. The molecule has 2 aromatic heterocycles. The summed E-state index contributed by atoms with van der Waals surface area (Å²) < 4.78 is 2.36. The number of benzene rings is 5. The summed E-state index contributed by atoms with van der Waals surface area (Å²) in [5.41, 5.74) is 5.61. The van der Waals surface area contributed by atoms with Gasteiger partial charge in [-0.25, -0.2) is 4.98 Å². The van der Waals surface area contributed by atoms with Crippen molar-refractivity contribution in [3.05, 3.63) is 145 Å². The van der Waals surface area contributed by atoms with Crippen molar-refractivity contribution in [2.75, 3.05) is 0 Å². The number of fused-ring (bicyclic) bond motifs is 8. The molecule has 1 aliphatic carbocycles. The van der Waals surface area contributed by atoms with E-state index in [0.29, 0.717) is 0 Å². The summed E-state index contributed by atoms with van der Waals surface area (Å²) in [5.74, 6) is 0.917. The van der Waals surface area contributed by atoms with Gasteiger partial charge in [0.1, 0.15) is 5.69 Å². The van der Waals surface area contributed by atoms with Gasteiger partial charge < -0.3 is 4.57 Å². The maximum atomic E-state index is 5.06. The van der Waals surface area contributed by atoms with Crippen LogP contribution >= 0.6 is 0 Å². The Kier molecular flexibility index (Phi) is 6.45. The van der Waals surface area contributed by atoms with Crippen molar-refractivity contribution in [1.29, 1.82) is 0 Å². The zero-order chi connectivity index (χ0) is 29.6. The van der Waals surface area contributed by atoms with Gasteiger partial charge in [0.05, 0.1) is 11.7 Å². The summed E-state index contributed by atoms with van der Waals surface area (Å²) in [5, 5.41) is 10.4. The Morgan fingerprint density at radius 1 is 0.773 bits per heavy atom. The van der Waals surface area contributed by atoms with E-state index in [2.05, 4.69) is 139 Å². The van der Waals surface area contributed by atoms with Gasteiger partial charge in [0, 0.05) is 11.9 Å². The molecule has 1 atom stereocenters. The second-order valence-electron chi connectivity index (χ2n) is 11.6. The van der Waals surface area contributed by atoms with Crippen LogP contribution in [0, 0.1) is 6.92 Å². The van der Waals surface area contributed by atoms with Crippen LogP contribution in [0.2, 0.25) is 0 Å². The van der Waals surface area contributed by atoms with Crippen LogP contribution < -0.4 is 0 Å². The largest absolute Gasteiger partial charge is 0.319 e. The predicted octanol–water partition coefficient (Wildman–Crippen LogP) is 10.9. The molecule has 5 aromatic carbocycles. The molecule has 0 fully saturated rings. The normalized spacial score (nSPS) is 15.2. The molecule has 0 amide bonds. The van der Waals surface area contributed by atoms with E-state index in [-0.39, 0.29) is 6.04 Å². The summed E-state index contributed by atoms with van der Waals surface area (Å²) in [6, 6.07) is 35.2. The monoisotopic (exact) mass is 567 g/mol. The molecule has 212 valence electrons. The topological polar surface area (TPSA) is 30.7 Å². The molecule has 44 heavy (non-hydrogen) atoms. The van der Waals surface area contributed by atoms with E-state index in [9.17, 15) is 0 Å². The molecular weight excluding hydrogens is 534 g/mol. The molecule has 2 heterocycles. The first kappa shape index (κ1) is 26.4. The standard InChI is InChI=1S/C41H33N3/c1-3-4-19-38-27(2)44(41(43-38)39-20-11-12-25-42-39)29-23-21-28(22-24-29)36-26-37-32-15-6-5-13-30(32)31-14-7-9-17-34(31)40(37)35-18-10-8-16-33(35)36/h4-23,25-26,29H,3,24H2,1-2H3/b19-4-. The molecule has 7 aromatic rings. The van der Waals surface area contributed by atoms with Gasteiger partial charge in [0.2, 0.25) is 0 Å². The number of imidazole rings is 1. The van der Waals surface area contributed by atoms with Crippen molar-refractivity contribution in [1.82, 2.24) is 14.5 Å². The summed E-state index contributed by atoms with van der Waals surface area (Å²) in [4.78, 5) is 9.72. The third-order valence-corrected chi connectivity index (χ3v) is 9.06. The van der Waals surface area contributed by atoms with E-state index in [1.54, 1.807) is 0 Å². The molecule has 3 heteroatoms. The van der Waals surface area contributed by atoms with E-state index in [1.807, 2.05) is 18.3 Å². The Morgan fingerprint density at radius 3 is 2.07 bits per heavy atom. The van der Waals surface area contributed by atoms with Crippen molar-refractivity contribution in [3.8, 4) is 11.5 Å². The molecular formula is C41H33N3. The molecule has 3 nitrogen and oxygen atoms in total. The van der Waals surface area contributed by atoms with Crippen LogP contribution in [0.1, 0.15) is 42.8 Å². The number of nitrogens with zero attached hydrogens (tertiary/aromatic N) is 3. The zero-order valence-corrected chi connectivity index (χ0v) is 25.0. The SMILES string of the molecule is CC/C=C\c1nc(-c2ccccn2)n(C2C=CC(c3cc4c5ccccc5c5ccccc5c4c4ccccc34)=CC2)c1C. The number of hydrogen-bond acceptors (Lipinski definition) is 2. The molecule has 0 saturated heterocycles. The number of pyridine rings is 1. The van der Waals surface area contributed by atoms with Gasteiger partial charge >= 0.3 is 0 Å². The number of hydrogen-bond donors (Lipinski definition) is 0. The minimum atomic E-state index is 0.156. The van der Waals surface area contributed by atoms with Crippen molar-refractivity contribution >= 4 is 54.7 Å². The second kappa shape index (κ2) is 10.8. The number of rotatable bonds is 5. The molecule has 0 aliphatic heterocycles. The highest BCUT2D eigenvalue weighted by molar-refractivity contribution is 6.32. The van der Waals surface area contributed by atoms with Crippen LogP contribution in [0.4, 0.5) is 0 Å². The lowest BCUT2D eigenvalue weighted by atomic mass is 9.86. The van der Waals surface area contributed by atoms with Gasteiger partial charge in [-0.05, 0) is 98.3 Å². The maximum absolute atomic E-state index is 5.06. The summed E-state index contributed by atoms with van der Waals surface area (Å²) in [6.45, 7) is 4.33. The van der Waals surface area contributed by atoms with Crippen LogP contribution in [-0.4, -0.2) is 14.5 Å². The minimum absolute atomic E-state index is 0.156. The van der Waals surface area contributed by atoms with Gasteiger partial charge in [-0.3, -0.25) is 4.98 Å². The van der Waals surface area contributed by atoms with Crippen LogP contribution in [0.3, 0.4) is 0 Å². The van der Waals surface area contributed by atoms with E-state index in [4.69, 9.17) is 4.98 Å². The van der Waals surface area contributed by atoms with Crippen molar-refractivity contribution in [2.45, 2.75) is 32.7 Å². The molecule has 0 radical (unpaired) electrons. The fourth-order valence-electron chi connectivity index (χ4n) is 7.01. The Hall–Kier alpha value is -5.28. The van der Waals surface area contributed by atoms with Gasteiger partial charge in [0.25, 0.3) is 0 Å². The van der Waals surface area contributed by atoms with E-state index >= 15 is 0 Å². The lowest BCUT2D eigenvalue weighted by Gasteiger charge is -2.23. The van der Waals surface area contributed by atoms with Crippen LogP contribution in [0.15, 0.2) is 128 Å². The Labute approximate surface area is 257 Å². The Balaban J connectivity index is 1.28. The van der Waals surface area contributed by atoms with Gasteiger partial charge in [-0.1, -0.05) is 110 Å². The third-order valence-electron chi connectivity index (χ3n) is 9.06. The summed E-state index contributed by atoms with van der Waals surface area (Å²) in [6.07, 6.45) is 15.1. The van der Waals surface area contributed by atoms with E-state index < -0.39 is 0 Å². The van der Waals surface area contributed by atoms with E-state index in [1.165, 1.54) is 54.2 Å². The van der Waals surface area contributed by atoms with Gasteiger partial charge in [-0.2, -0.15) is 0 Å². The fraction of sp³-hybridized carbons (Fsp3) is 0.122. The number of aromatic nitrogens is 3. The molecule has 1 aliphatic rings. The summed E-state index contributed by atoms with van der Waals surface area (Å²) >= 11 is 0. The zero-order valence-electron chi connectivity index (χ0n) is 25.0. The van der Waals surface area contributed by atoms with Crippen molar-refractivity contribution in [3.63, 3.8) is 0 Å². The molecule has 8 rings (SSSR count). The second-order valence-corrected chi connectivity index (χ2v) is 11.6. The van der Waals surface area contributed by atoms with Crippen LogP contribution in [0.25, 0.3) is 66.3 Å². The minimum Gasteiger partial charge on any atom is -0.319 e. The average Bonchev–Trinajstić information content (AvgIpc) is 3.42. The average molecular weight is 568 g/mol. The quantitative estimate of drug-likeness (QED) is 0.194. The smallest absolute Gasteiger partial charge is 0.160 e. The highest BCUT2D eigenvalue weighted by Crippen LogP contribution is 2.43. The predicted molar refractivity (Wildman–Crippen MR) is 187 cm³/mol. The molecule has 0 bridgehead atoms. The number of allylic oxidation sites excluding steroid dienone is 5. The highest BCUT2D eigenvalue weighted by atomic mass is 15.1. The van der Waals surface area contributed by atoms with Gasteiger partial charge in [-0.15, -0.1) is 0 Å². The molecule has 0 saturated carbocycles. The van der Waals surface area contributed by atoms with Crippen LogP contribution in [-0.2, 0) is 0 Å². The Bertz CT molecular complexity index is 2300. The van der Waals surface area contributed by atoms with Crippen LogP contribution in [0.5, 0.6) is 0 Å². The van der Waals surface area contributed by atoms with E-state index in [0.717, 1.165) is 35.7 Å². The molecule has 0 N–H and O–H groups in total. The first-order chi connectivity index (χ1) is 21.7. The first-order valence-corrected chi connectivity index (χ1v) is 15.5.